The first kappa shape index (κ1) is 19.4. The van der Waals surface area contributed by atoms with Gasteiger partial charge in [0.1, 0.15) is 5.75 Å². The van der Waals surface area contributed by atoms with Gasteiger partial charge >= 0.3 is 0 Å². The fourth-order valence-corrected chi connectivity index (χ4v) is 4.61. The number of carbonyl (C=O) groups excluding carboxylic acids is 2. The van der Waals surface area contributed by atoms with Crippen LogP contribution < -0.4 is 15.4 Å². The quantitative estimate of drug-likeness (QED) is 0.433. The number of rotatable bonds is 7. The average molecular weight is 427 g/mol. The highest BCUT2D eigenvalue weighted by Crippen LogP contribution is 2.32. The van der Waals surface area contributed by atoms with E-state index in [2.05, 4.69) is 20.8 Å². The van der Waals surface area contributed by atoms with Gasteiger partial charge in [-0.1, -0.05) is 35.2 Å². The van der Waals surface area contributed by atoms with E-state index in [1.54, 1.807) is 19.2 Å². The zero-order valence-corrected chi connectivity index (χ0v) is 17.2. The molecule has 2 N–H and O–H groups in total. The van der Waals surface area contributed by atoms with E-state index in [0.717, 1.165) is 22.7 Å². The molecular weight excluding hydrogens is 408 g/mol. The molecule has 2 aromatic carbocycles. The third kappa shape index (κ3) is 4.57. The normalized spacial score (nSPS) is 12.8. The topological polar surface area (TPSA) is 93.2 Å². The predicted octanol–water partition coefficient (Wildman–Crippen LogP) is 4.15. The van der Waals surface area contributed by atoms with Crippen LogP contribution in [-0.2, 0) is 11.2 Å². The lowest BCUT2D eigenvalue weighted by Gasteiger charge is -2.17. The molecule has 1 amide bonds. The first-order valence-electron chi connectivity index (χ1n) is 8.94. The number of amides is 1. The molecule has 0 unspecified atom stereocenters. The second kappa shape index (κ2) is 8.62. The Labute approximate surface area is 175 Å². The zero-order valence-electron chi connectivity index (χ0n) is 15.6. The Kier molecular flexibility index (Phi) is 5.77. The van der Waals surface area contributed by atoms with Gasteiger partial charge in [0.15, 0.2) is 10.1 Å². The Morgan fingerprint density at radius 3 is 2.97 bits per heavy atom. The zero-order chi connectivity index (χ0) is 20.2. The molecule has 0 radical (unpaired) electrons. The molecule has 1 aliphatic rings. The summed E-state index contributed by atoms with van der Waals surface area (Å²) in [6.07, 6.45) is 1.11. The van der Waals surface area contributed by atoms with Crippen LogP contribution in [0.4, 0.5) is 16.5 Å². The molecule has 1 aromatic heterocycles. The maximum atomic E-state index is 12.6. The van der Waals surface area contributed by atoms with E-state index in [1.165, 1.54) is 23.1 Å². The van der Waals surface area contributed by atoms with Crippen molar-refractivity contribution in [3.05, 3.63) is 53.6 Å². The first-order chi connectivity index (χ1) is 14.1. The summed E-state index contributed by atoms with van der Waals surface area (Å²) < 4.78 is 6.03. The van der Waals surface area contributed by atoms with Crippen LogP contribution in [-0.4, -0.2) is 34.8 Å². The molecule has 0 atom stereocenters. The van der Waals surface area contributed by atoms with Crippen LogP contribution in [0.25, 0.3) is 0 Å². The molecule has 0 fully saturated rings. The van der Waals surface area contributed by atoms with Gasteiger partial charge in [0.05, 0.1) is 18.6 Å². The van der Waals surface area contributed by atoms with E-state index in [9.17, 15) is 9.59 Å². The molecule has 0 spiro atoms. The number of methoxy groups -OCH3 is 1. The van der Waals surface area contributed by atoms with Gasteiger partial charge in [-0.2, -0.15) is 0 Å². The number of nitrogens with one attached hydrogen (secondary N) is 2. The van der Waals surface area contributed by atoms with Crippen molar-refractivity contribution >= 4 is 51.3 Å². The van der Waals surface area contributed by atoms with Gasteiger partial charge in [-0.25, -0.2) is 0 Å². The van der Waals surface area contributed by atoms with Crippen LogP contribution in [0, 0.1) is 0 Å². The number of aromatic nitrogens is 2. The van der Waals surface area contributed by atoms with Crippen molar-refractivity contribution in [2.45, 2.75) is 17.2 Å². The van der Waals surface area contributed by atoms with E-state index in [-0.39, 0.29) is 17.4 Å². The maximum absolute atomic E-state index is 12.6. The number of fused-ring (bicyclic) bond motifs is 1. The number of benzene rings is 2. The highest BCUT2D eigenvalue weighted by molar-refractivity contribution is 8.01. The molecule has 0 bridgehead atoms. The standard InChI is InChI=1S/C20H18N4O3S2/c1-27-17-5-3-2-4-15(17)22-19-23-24-20(29-19)28-11-16(25)13-6-8-14-12(10-13)7-9-18(26)21-14/h2-6,8,10H,7,9,11H2,1H3,(H,21,26)(H,22,23). The molecule has 0 aliphatic carbocycles. The van der Waals surface area contributed by atoms with Gasteiger partial charge in [-0.05, 0) is 42.3 Å². The number of anilines is 3. The van der Waals surface area contributed by atoms with Crippen LogP contribution >= 0.6 is 23.1 Å². The van der Waals surface area contributed by atoms with Crippen molar-refractivity contribution in [3.8, 4) is 5.75 Å². The molecular formula is C20H18N4O3S2. The van der Waals surface area contributed by atoms with Gasteiger partial charge in [-0.3, -0.25) is 9.59 Å². The highest BCUT2D eigenvalue weighted by atomic mass is 32.2. The van der Waals surface area contributed by atoms with E-state index in [4.69, 9.17) is 4.74 Å². The van der Waals surface area contributed by atoms with Crippen molar-refractivity contribution in [1.82, 2.24) is 10.2 Å². The number of aryl methyl sites for hydroxylation is 1. The average Bonchev–Trinajstić information content (AvgIpc) is 3.19. The second-order valence-corrected chi connectivity index (χ2v) is 8.53. The first-order valence-corrected chi connectivity index (χ1v) is 10.7. The van der Waals surface area contributed by atoms with Gasteiger partial charge in [-0.15, -0.1) is 10.2 Å². The van der Waals surface area contributed by atoms with Crippen LogP contribution in [0.3, 0.4) is 0 Å². The number of hydrogen-bond acceptors (Lipinski definition) is 8. The molecule has 9 heteroatoms. The van der Waals surface area contributed by atoms with Crippen LogP contribution in [0.15, 0.2) is 46.8 Å². The largest absolute Gasteiger partial charge is 0.495 e. The lowest BCUT2D eigenvalue weighted by molar-refractivity contribution is -0.116. The van der Waals surface area contributed by atoms with Gasteiger partial charge < -0.3 is 15.4 Å². The summed E-state index contributed by atoms with van der Waals surface area (Å²) in [5, 5.41) is 14.9. The van der Waals surface area contributed by atoms with Crippen LogP contribution in [0.1, 0.15) is 22.3 Å². The van der Waals surface area contributed by atoms with Crippen LogP contribution in [0.5, 0.6) is 5.75 Å². The summed E-state index contributed by atoms with van der Waals surface area (Å²) in [6, 6.07) is 13.0. The van der Waals surface area contributed by atoms with Crippen molar-refractivity contribution in [2.24, 2.45) is 0 Å². The Morgan fingerprint density at radius 2 is 2.10 bits per heavy atom. The van der Waals surface area contributed by atoms with Crippen molar-refractivity contribution < 1.29 is 14.3 Å². The number of ether oxygens (including phenoxy) is 1. The van der Waals surface area contributed by atoms with Gasteiger partial charge in [0.2, 0.25) is 11.0 Å². The minimum absolute atomic E-state index is 0.0148. The predicted molar refractivity (Wildman–Crippen MR) is 115 cm³/mol. The summed E-state index contributed by atoms with van der Waals surface area (Å²) in [4.78, 5) is 24.0. The Hall–Kier alpha value is -2.91. The van der Waals surface area contributed by atoms with E-state index in [1.807, 2.05) is 30.3 Å². The number of hydrogen-bond donors (Lipinski definition) is 2. The van der Waals surface area contributed by atoms with E-state index in [0.29, 0.717) is 27.9 Å². The number of Topliss-reactive ketones (excluding diaryl/α,β-unsaturated/α-hetero) is 1. The number of nitrogens with zero attached hydrogens (tertiary/aromatic N) is 2. The van der Waals surface area contributed by atoms with Crippen molar-refractivity contribution in [2.75, 3.05) is 23.5 Å². The molecule has 29 heavy (non-hydrogen) atoms. The molecule has 1 aliphatic heterocycles. The third-order valence-corrected chi connectivity index (χ3v) is 6.38. The molecule has 0 saturated carbocycles. The van der Waals surface area contributed by atoms with E-state index >= 15 is 0 Å². The summed E-state index contributed by atoms with van der Waals surface area (Å²) in [5.41, 5.74) is 3.24. The van der Waals surface area contributed by atoms with Crippen LogP contribution in [0.2, 0.25) is 0 Å². The van der Waals surface area contributed by atoms with Gasteiger partial charge in [0, 0.05) is 17.7 Å². The number of ketones is 1. The molecule has 2 heterocycles. The highest BCUT2D eigenvalue weighted by Gasteiger charge is 2.17. The summed E-state index contributed by atoms with van der Waals surface area (Å²) in [7, 11) is 1.61. The fourth-order valence-electron chi connectivity index (χ4n) is 2.95. The van der Waals surface area contributed by atoms with Crippen molar-refractivity contribution in [3.63, 3.8) is 0 Å². The van der Waals surface area contributed by atoms with Crippen molar-refractivity contribution in [1.29, 1.82) is 0 Å². The Balaban J connectivity index is 1.37. The lowest BCUT2D eigenvalue weighted by Crippen LogP contribution is -2.19. The molecule has 7 nitrogen and oxygen atoms in total. The van der Waals surface area contributed by atoms with Gasteiger partial charge in [0.25, 0.3) is 0 Å². The minimum atomic E-state index is 0.0148. The lowest BCUT2D eigenvalue weighted by atomic mass is 9.99. The maximum Gasteiger partial charge on any atom is 0.224 e. The van der Waals surface area contributed by atoms with E-state index < -0.39 is 0 Å². The second-order valence-electron chi connectivity index (χ2n) is 6.33. The molecule has 0 saturated heterocycles. The monoisotopic (exact) mass is 426 g/mol. The molecule has 148 valence electrons. The summed E-state index contributed by atoms with van der Waals surface area (Å²) in [5.74, 6) is 1.02. The third-order valence-electron chi connectivity index (χ3n) is 4.40. The summed E-state index contributed by atoms with van der Waals surface area (Å²) >= 11 is 2.74. The number of carbonyl (C=O) groups is 2. The number of thioether (sulfide) groups is 1. The smallest absolute Gasteiger partial charge is 0.224 e. The Bertz CT molecular complexity index is 1070. The molecule has 3 aromatic rings. The molecule has 4 rings (SSSR count). The minimum Gasteiger partial charge on any atom is -0.495 e. The Morgan fingerprint density at radius 1 is 1.24 bits per heavy atom. The number of para-hydroxylation sites is 2. The summed E-state index contributed by atoms with van der Waals surface area (Å²) in [6.45, 7) is 0. The fraction of sp³-hybridized carbons (Fsp3) is 0.200. The SMILES string of the molecule is COc1ccccc1Nc1nnc(SCC(=O)c2ccc3c(c2)CCC(=O)N3)s1.